The summed E-state index contributed by atoms with van der Waals surface area (Å²) in [5.74, 6) is -0.627. The van der Waals surface area contributed by atoms with Crippen molar-refractivity contribution in [1.29, 1.82) is 0 Å². The lowest BCUT2D eigenvalue weighted by molar-refractivity contribution is -0.124. The molecule has 2 aromatic rings. The molecule has 6 nitrogen and oxygen atoms in total. The number of hydrogen-bond acceptors (Lipinski definition) is 4. The van der Waals surface area contributed by atoms with E-state index in [2.05, 4.69) is 5.32 Å². The first kappa shape index (κ1) is 16.7. The number of amides is 3. The van der Waals surface area contributed by atoms with Crippen LogP contribution in [0.5, 0.6) is 5.75 Å². The summed E-state index contributed by atoms with van der Waals surface area (Å²) in [4.78, 5) is 38.3. The molecule has 25 heavy (non-hydrogen) atoms. The number of benzene rings is 2. The number of methoxy groups -OCH3 is 1. The second-order valence-corrected chi connectivity index (χ2v) is 5.73. The Labute approximate surface area is 145 Å². The first-order valence-electron chi connectivity index (χ1n) is 7.91. The summed E-state index contributed by atoms with van der Waals surface area (Å²) in [7, 11) is 1.56. The normalized spacial score (nSPS) is 14.2. The van der Waals surface area contributed by atoms with Crippen LogP contribution in [0.4, 0.5) is 0 Å². The number of carbonyl (C=O) groups is 3. The largest absolute Gasteiger partial charge is 0.496 e. The van der Waals surface area contributed by atoms with Crippen LogP contribution in [0.15, 0.2) is 48.5 Å². The van der Waals surface area contributed by atoms with Crippen molar-refractivity contribution in [3.05, 3.63) is 65.2 Å². The van der Waals surface area contributed by atoms with Gasteiger partial charge in [0.2, 0.25) is 5.91 Å². The first-order chi connectivity index (χ1) is 12.0. The fourth-order valence-corrected chi connectivity index (χ4v) is 2.86. The minimum absolute atomic E-state index is 0.246. The van der Waals surface area contributed by atoms with Crippen LogP contribution in [-0.2, 0) is 11.3 Å². The van der Waals surface area contributed by atoms with E-state index >= 15 is 0 Å². The molecule has 1 heterocycles. The van der Waals surface area contributed by atoms with E-state index in [1.54, 1.807) is 44.4 Å². The number of rotatable bonds is 5. The zero-order valence-electron chi connectivity index (χ0n) is 14.0. The van der Waals surface area contributed by atoms with Crippen molar-refractivity contribution < 1.29 is 19.1 Å². The van der Waals surface area contributed by atoms with E-state index in [0.717, 1.165) is 10.5 Å². The van der Waals surface area contributed by atoms with Crippen LogP contribution in [0, 0.1) is 0 Å². The highest BCUT2D eigenvalue weighted by molar-refractivity contribution is 6.22. The molecular weight excluding hydrogens is 320 g/mol. The number of ether oxygens (including phenoxy) is 1. The summed E-state index contributed by atoms with van der Waals surface area (Å²) in [5, 5.41) is 2.75. The third-order valence-electron chi connectivity index (χ3n) is 4.24. The smallest absolute Gasteiger partial charge is 0.262 e. The summed E-state index contributed by atoms with van der Waals surface area (Å²) < 4.78 is 5.24. The second kappa shape index (κ2) is 6.76. The fourth-order valence-electron chi connectivity index (χ4n) is 2.86. The molecule has 1 N–H and O–H groups in total. The molecule has 0 aromatic heterocycles. The van der Waals surface area contributed by atoms with Crippen LogP contribution in [0.25, 0.3) is 0 Å². The van der Waals surface area contributed by atoms with Crippen LogP contribution >= 0.6 is 0 Å². The zero-order chi connectivity index (χ0) is 18.0. The molecule has 1 aliphatic heterocycles. The fraction of sp³-hybridized carbons (Fsp3) is 0.211. The SMILES string of the molecule is COc1ccccc1CNC(=O)[C@@H](C)N1C(=O)c2ccccc2C1=O. The van der Waals surface area contributed by atoms with Gasteiger partial charge in [0, 0.05) is 12.1 Å². The minimum Gasteiger partial charge on any atom is -0.496 e. The molecule has 0 bridgehead atoms. The summed E-state index contributed by atoms with van der Waals surface area (Å²) >= 11 is 0. The average Bonchev–Trinajstić information content (AvgIpc) is 2.90. The highest BCUT2D eigenvalue weighted by Gasteiger charge is 2.40. The lowest BCUT2D eigenvalue weighted by Gasteiger charge is -2.22. The van der Waals surface area contributed by atoms with Gasteiger partial charge in [0.1, 0.15) is 11.8 Å². The molecule has 6 heteroatoms. The lowest BCUT2D eigenvalue weighted by atomic mass is 10.1. The number of carbonyl (C=O) groups excluding carboxylic acids is 3. The van der Waals surface area contributed by atoms with Crippen molar-refractivity contribution >= 4 is 17.7 Å². The predicted octanol–water partition coefficient (Wildman–Crippen LogP) is 2.00. The molecule has 3 amide bonds. The van der Waals surface area contributed by atoms with Crippen LogP contribution in [0.1, 0.15) is 33.2 Å². The monoisotopic (exact) mass is 338 g/mol. The number of hydrogen-bond donors (Lipinski definition) is 1. The van der Waals surface area contributed by atoms with Crippen molar-refractivity contribution in [2.24, 2.45) is 0 Å². The van der Waals surface area contributed by atoms with Crippen molar-refractivity contribution in [2.75, 3.05) is 7.11 Å². The summed E-state index contributed by atoms with van der Waals surface area (Å²) in [5.41, 5.74) is 1.47. The van der Waals surface area contributed by atoms with Crippen LogP contribution in [0.2, 0.25) is 0 Å². The Morgan fingerprint density at radius 1 is 1.04 bits per heavy atom. The Kier molecular flexibility index (Phi) is 4.52. The lowest BCUT2D eigenvalue weighted by Crippen LogP contribution is -2.47. The first-order valence-corrected chi connectivity index (χ1v) is 7.91. The number of imide groups is 1. The van der Waals surface area contributed by atoms with Gasteiger partial charge in [0.15, 0.2) is 0 Å². The van der Waals surface area contributed by atoms with E-state index in [1.807, 2.05) is 18.2 Å². The maximum atomic E-state index is 12.4. The number of fused-ring (bicyclic) bond motifs is 1. The van der Waals surface area contributed by atoms with Gasteiger partial charge in [0.05, 0.1) is 18.2 Å². The molecular formula is C19H18N2O4. The average molecular weight is 338 g/mol. The predicted molar refractivity (Wildman–Crippen MR) is 91.2 cm³/mol. The molecule has 0 saturated carbocycles. The van der Waals surface area contributed by atoms with Crippen molar-refractivity contribution in [3.63, 3.8) is 0 Å². The molecule has 128 valence electrons. The van der Waals surface area contributed by atoms with Crippen molar-refractivity contribution in [2.45, 2.75) is 19.5 Å². The van der Waals surface area contributed by atoms with Gasteiger partial charge in [0.25, 0.3) is 11.8 Å². The van der Waals surface area contributed by atoms with Gasteiger partial charge in [-0.1, -0.05) is 30.3 Å². The summed E-state index contributed by atoms with van der Waals surface area (Å²) in [6.07, 6.45) is 0. The van der Waals surface area contributed by atoms with Gasteiger partial charge in [-0.25, -0.2) is 0 Å². The van der Waals surface area contributed by atoms with E-state index in [1.165, 1.54) is 0 Å². The molecule has 0 fully saturated rings. The Morgan fingerprint density at radius 2 is 1.60 bits per heavy atom. The third-order valence-corrected chi connectivity index (χ3v) is 4.24. The Balaban J connectivity index is 1.71. The van der Waals surface area contributed by atoms with Gasteiger partial charge < -0.3 is 10.1 Å². The quantitative estimate of drug-likeness (QED) is 0.846. The highest BCUT2D eigenvalue weighted by atomic mass is 16.5. The van der Waals surface area contributed by atoms with Crippen molar-refractivity contribution in [3.8, 4) is 5.75 Å². The molecule has 1 atom stereocenters. The Morgan fingerprint density at radius 3 is 2.20 bits per heavy atom. The molecule has 2 aromatic carbocycles. The maximum absolute atomic E-state index is 12.4. The van der Waals surface area contributed by atoms with E-state index < -0.39 is 23.8 Å². The van der Waals surface area contributed by atoms with Crippen molar-refractivity contribution in [1.82, 2.24) is 10.2 Å². The topological polar surface area (TPSA) is 75.7 Å². The minimum atomic E-state index is -0.901. The summed E-state index contributed by atoms with van der Waals surface area (Å²) in [6, 6.07) is 13.0. The summed E-state index contributed by atoms with van der Waals surface area (Å²) in [6.45, 7) is 1.79. The van der Waals surface area contributed by atoms with Gasteiger partial charge >= 0.3 is 0 Å². The van der Waals surface area contributed by atoms with E-state index in [0.29, 0.717) is 16.9 Å². The van der Waals surface area contributed by atoms with Crippen LogP contribution in [-0.4, -0.2) is 35.8 Å². The third kappa shape index (κ3) is 2.98. The Bertz CT molecular complexity index is 812. The van der Waals surface area contributed by atoms with Gasteiger partial charge in [-0.2, -0.15) is 0 Å². The number of para-hydroxylation sites is 1. The van der Waals surface area contributed by atoms with E-state index in [4.69, 9.17) is 4.74 Å². The van der Waals surface area contributed by atoms with E-state index in [-0.39, 0.29) is 6.54 Å². The molecule has 0 radical (unpaired) electrons. The highest BCUT2D eigenvalue weighted by Crippen LogP contribution is 2.24. The molecule has 3 rings (SSSR count). The molecule has 0 spiro atoms. The van der Waals surface area contributed by atoms with Gasteiger partial charge in [-0.3, -0.25) is 19.3 Å². The molecule has 0 unspecified atom stereocenters. The standard InChI is InChI=1S/C19H18N2O4/c1-12(17(22)20-11-13-7-3-6-10-16(13)25-2)21-18(23)14-8-4-5-9-15(14)19(21)24/h3-10,12H,11H2,1-2H3,(H,20,22)/t12-/m1/s1. The van der Waals surface area contributed by atoms with Gasteiger partial charge in [-0.15, -0.1) is 0 Å². The van der Waals surface area contributed by atoms with Crippen LogP contribution < -0.4 is 10.1 Å². The molecule has 0 saturated heterocycles. The van der Waals surface area contributed by atoms with Crippen LogP contribution in [0.3, 0.4) is 0 Å². The molecule has 0 aliphatic carbocycles. The molecule has 1 aliphatic rings. The van der Waals surface area contributed by atoms with E-state index in [9.17, 15) is 14.4 Å². The van der Waals surface area contributed by atoms with Gasteiger partial charge in [-0.05, 0) is 25.1 Å². The zero-order valence-corrected chi connectivity index (χ0v) is 14.0. The number of nitrogens with one attached hydrogen (secondary N) is 1. The maximum Gasteiger partial charge on any atom is 0.262 e. The Hall–Kier alpha value is -3.15. The number of nitrogens with zero attached hydrogens (tertiary/aromatic N) is 1. The second-order valence-electron chi connectivity index (χ2n) is 5.73.